The zero-order valence-corrected chi connectivity index (χ0v) is 16.7. The molecule has 30 heavy (non-hydrogen) atoms. The summed E-state index contributed by atoms with van der Waals surface area (Å²) in [6, 6.07) is 5.85. The minimum atomic E-state index is -0.671. The number of hydrogen-bond acceptors (Lipinski definition) is 5. The van der Waals surface area contributed by atoms with Crippen LogP contribution in [0.5, 0.6) is 0 Å². The first kappa shape index (κ1) is 19.3. The standard InChI is InChI=1S/C22H19FN6O/c1-5-13-6-7-18(25-10-13)12(2)28(3)22(30)14-8-15-19(9-17(14)23)27-21(24)16-11-26-29(4)20(15)16/h1,6-12H,2-4H3,(H2,24,27). The molecule has 7 nitrogen and oxygen atoms in total. The molecule has 0 aliphatic rings. The number of halogens is 1. The fourth-order valence-electron chi connectivity index (χ4n) is 3.45. The van der Waals surface area contributed by atoms with E-state index in [0.717, 1.165) is 0 Å². The number of aromatic nitrogens is 4. The zero-order valence-electron chi connectivity index (χ0n) is 16.7. The summed E-state index contributed by atoms with van der Waals surface area (Å²) in [6.07, 6.45) is 8.52. The first-order valence-corrected chi connectivity index (χ1v) is 9.22. The second-order valence-electron chi connectivity index (χ2n) is 7.08. The van der Waals surface area contributed by atoms with Crippen molar-refractivity contribution in [2.45, 2.75) is 13.0 Å². The third kappa shape index (κ3) is 3.01. The highest BCUT2D eigenvalue weighted by atomic mass is 19.1. The number of benzene rings is 1. The molecule has 3 heterocycles. The van der Waals surface area contributed by atoms with Crippen LogP contribution in [0.2, 0.25) is 0 Å². The van der Waals surface area contributed by atoms with Crippen LogP contribution >= 0.6 is 0 Å². The number of hydrogen-bond donors (Lipinski definition) is 1. The van der Waals surface area contributed by atoms with Gasteiger partial charge in [0.05, 0.1) is 39.9 Å². The van der Waals surface area contributed by atoms with Gasteiger partial charge in [0.25, 0.3) is 5.91 Å². The highest BCUT2D eigenvalue weighted by Crippen LogP contribution is 2.30. The molecule has 0 saturated heterocycles. The summed E-state index contributed by atoms with van der Waals surface area (Å²) in [7, 11) is 3.36. The van der Waals surface area contributed by atoms with Crippen LogP contribution in [0, 0.1) is 18.2 Å². The Morgan fingerprint density at radius 1 is 1.30 bits per heavy atom. The Balaban J connectivity index is 1.77. The molecule has 0 aliphatic carbocycles. The molecule has 0 fully saturated rings. The van der Waals surface area contributed by atoms with Crippen molar-refractivity contribution in [3.8, 4) is 12.3 Å². The quantitative estimate of drug-likeness (QED) is 0.532. The lowest BCUT2D eigenvalue weighted by Gasteiger charge is -2.25. The van der Waals surface area contributed by atoms with E-state index < -0.39 is 11.7 Å². The number of nitrogens with two attached hydrogens (primary N) is 1. The Labute approximate surface area is 172 Å². The van der Waals surface area contributed by atoms with E-state index >= 15 is 0 Å². The lowest BCUT2D eigenvalue weighted by atomic mass is 10.1. The summed E-state index contributed by atoms with van der Waals surface area (Å²) < 4.78 is 16.5. The average Bonchev–Trinajstić information content (AvgIpc) is 3.14. The maximum atomic E-state index is 14.9. The van der Waals surface area contributed by atoms with Gasteiger partial charge in [-0.25, -0.2) is 9.37 Å². The van der Waals surface area contributed by atoms with Crippen LogP contribution in [-0.2, 0) is 7.05 Å². The number of aryl methyl sites for hydroxylation is 1. The Hall–Kier alpha value is -3.99. The molecule has 1 amide bonds. The first-order chi connectivity index (χ1) is 14.3. The topological polar surface area (TPSA) is 89.9 Å². The number of pyridine rings is 2. The van der Waals surface area contributed by atoms with Crippen LogP contribution in [0.25, 0.3) is 21.8 Å². The maximum Gasteiger partial charge on any atom is 0.257 e. The van der Waals surface area contributed by atoms with E-state index in [1.54, 1.807) is 43.3 Å². The van der Waals surface area contributed by atoms with Crippen molar-refractivity contribution in [2.24, 2.45) is 7.05 Å². The van der Waals surface area contributed by atoms with Gasteiger partial charge in [-0.15, -0.1) is 6.42 Å². The SMILES string of the molecule is C#Cc1ccc(C(C)N(C)C(=O)c2cc3c(cc2F)nc(N)c2cnn(C)c23)nc1. The third-order valence-corrected chi connectivity index (χ3v) is 5.31. The number of terminal acetylenes is 1. The predicted molar refractivity (Wildman–Crippen MR) is 113 cm³/mol. The van der Waals surface area contributed by atoms with Crippen LogP contribution in [0.4, 0.5) is 10.2 Å². The third-order valence-electron chi connectivity index (χ3n) is 5.31. The highest BCUT2D eigenvalue weighted by molar-refractivity contribution is 6.10. The van der Waals surface area contributed by atoms with Gasteiger partial charge < -0.3 is 10.6 Å². The zero-order chi connectivity index (χ0) is 21.6. The molecular formula is C22H19FN6O. The number of nitrogens with zero attached hydrogens (tertiary/aromatic N) is 5. The molecule has 150 valence electrons. The molecule has 8 heteroatoms. The van der Waals surface area contributed by atoms with Crippen molar-refractivity contribution in [3.05, 3.63) is 59.3 Å². The fraction of sp³-hybridized carbons (Fsp3) is 0.182. The number of rotatable bonds is 3. The van der Waals surface area contributed by atoms with E-state index in [1.807, 2.05) is 6.92 Å². The van der Waals surface area contributed by atoms with E-state index in [-0.39, 0.29) is 17.4 Å². The van der Waals surface area contributed by atoms with Crippen LogP contribution in [0.3, 0.4) is 0 Å². The van der Waals surface area contributed by atoms with Crippen molar-refractivity contribution in [2.75, 3.05) is 12.8 Å². The predicted octanol–water partition coefficient (Wildman–Crippen LogP) is 3.05. The number of carbonyl (C=O) groups is 1. The molecule has 0 bridgehead atoms. The molecule has 3 aromatic heterocycles. The van der Waals surface area contributed by atoms with Gasteiger partial charge in [0.15, 0.2) is 0 Å². The monoisotopic (exact) mass is 402 g/mol. The van der Waals surface area contributed by atoms with Crippen LogP contribution < -0.4 is 5.73 Å². The first-order valence-electron chi connectivity index (χ1n) is 9.22. The maximum absolute atomic E-state index is 14.9. The number of amides is 1. The molecule has 4 aromatic rings. The van der Waals surface area contributed by atoms with Crippen molar-refractivity contribution in [3.63, 3.8) is 0 Å². The summed E-state index contributed by atoms with van der Waals surface area (Å²) in [4.78, 5) is 23.1. The van der Waals surface area contributed by atoms with Gasteiger partial charge in [-0.2, -0.15) is 5.10 Å². The Kier molecular flexibility index (Phi) is 4.59. The fourth-order valence-corrected chi connectivity index (χ4v) is 3.45. The minimum Gasteiger partial charge on any atom is -0.383 e. The molecule has 0 radical (unpaired) electrons. The van der Waals surface area contributed by atoms with Gasteiger partial charge in [0.1, 0.15) is 11.6 Å². The number of nitrogen functional groups attached to an aromatic ring is 1. The molecule has 0 aliphatic heterocycles. The van der Waals surface area contributed by atoms with Crippen molar-refractivity contribution < 1.29 is 9.18 Å². The van der Waals surface area contributed by atoms with Gasteiger partial charge in [0, 0.05) is 37.3 Å². The highest BCUT2D eigenvalue weighted by Gasteiger charge is 2.24. The van der Waals surface area contributed by atoms with Gasteiger partial charge in [0.2, 0.25) is 0 Å². The summed E-state index contributed by atoms with van der Waals surface area (Å²) >= 11 is 0. The summed E-state index contributed by atoms with van der Waals surface area (Å²) in [5.41, 5.74) is 8.25. The minimum absolute atomic E-state index is 0.0637. The van der Waals surface area contributed by atoms with Gasteiger partial charge in [-0.05, 0) is 25.1 Å². The van der Waals surface area contributed by atoms with Crippen molar-refractivity contribution in [1.29, 1.82) is 0 Å². The normalized spacial score (nSPS) is 12.1. The number of anilines is 1. The molecule has 1 unspecified atom stereocenters. The molecule has 1 atom stereocenters. The Morgan fingerprint density at radius 3 is 2.73 bits per heavy atom. The van der Waals surface area contributed by atoms with E-state index in [9.17, 15) is 9.18 Å². The van der Waals surface area contributed by atoms with Gasteiger partial charge >= 0.3 is 0 Å². The molecule has 0 spiro atoms. The van der Waals surface area contributed by atoms with Crippen molar-refractivity contribution >= 4 is 33.5 Å². The van der Waals surface area contributed by atoms with Gasteiger partial charge in [-0.1, -0.05) is 5.92 Å². The van der Waals surface area contributed by atoms with E-state index in [2.05, 4.69) is 21.0 Å². The summed E-state index contributed by atoms with van der Waals surface area (Å²) in [5.74, 6) is 1.62. The van der Waals surface area contributed by atoms with E-state index in [1.165, 1.54) is 17.0 Å². The van der Waals surface area contributed by atoms with Crippen molar-refractivity contribution in [1.82, 2.24) is 24.6 Å². The van der Waals surface area contributed by atoms with Gasteiger partial charge in [-0.3, -0.25) is 14.5 Å². The summed E-state index contributed by atoms with van der Waals surface area (Å²) in [6.45, 7) is 1.82. The summed E-state index contributed by atoms with van der Waals surface area (Å²) in [5, 5.41) is 5.45. The second-order valence-corrected chi connectivity index (χ2v) is 7.08. The van der Waals surface area contributed by atoms with E-state index in [0.29, 0.717) is 33.1 Å². The Morgan fingerprint density at radius 2 is 2.07 bits per heavy atom. The number of fused-ring (bicyclic) bond motifs is 3. The molecule has 4 rings (SSSR count). The lowest BCUT2D eigenvalue weighted by Crippen LogP contribution is -2.30. The molecular weight excluding hydrogens is 383 g/mol. The number of carbonyl (C=O) groups excluding carboxylic acids is 1. The average molecular weight is 402 g/mol. The Bertz CT molecular complexity index is 1340. The second kappa shape index (κ2) is 7.12. The molecule has 2 N–H and O–H groups in total. The van der Waals surface area contributed by atoms with Crippen LogP contribution in [0.1, 0.15) is 34.6 Å². The van der Waals surface area contributed by atoms with Crippen LogP contribution in [0.15, 0.2) is 36.7 Å². The largest absolute Gasteiger partial charge is 0.383 e. The molecule has 1 aromatic carbocycles. The molecule has 0 saturated carbocycles. The smallest absolute Gasteiger partial charge is 0.257 e. The van der Waals surface area contributed by atoms with E-state index in [4.69, 9.17) is 12.2 Å². The lowest BCUT2D eigenvalue weighted by molar-refractivity contribution is 0.0735. The van der Waals surface area contributed by atoms with Crippen LogP contribution in [-0.4, -0.2) is 37.6 Å².